The van der Waals surface area contributed by atoms with Gasteiger partial charge < -0.3 is 16.0 Å². The summed E-state index contributed by atoms with van der Waals surface area (Å²) in [6.45, 7) is 2.84. The van der Waals surface area contributed by atoms with Gasteiger partial charge in [-0.2, -0.15) is 0 Å². The number of halogens is 1. The molecular formula is C27H30ClN3O. The number of piperidine rings is 1. The van der Waals surface area contributed by atoms with Crippen molar-refractivity contribution in [3.63, 3.8) is 0 Å². The Morgan fingerprint density at radius 1 is 0.906 bits per heavy atom. The fourth-order valence-corrected chi connectivity index (χ4v) is 4.54. The molecular weight excluding hydrogens is 418 g/mol. The number of rotatable bonds is 8. The summed E-state index contributed by atoms with van der Waals surface area (Å²) in [5.41, 5.74) is 3.49. The molecule has 0 aliphatic carbocycles. The Morgan fingerprint density at radius 2 is 1.53 bits per heavy atom. The third-order valence-electron chi connectivity index (χ3n) is 6.14. The van der Waals surface area contributed by atoms with Crippen molar-refractivity contribution in [2.45, 2.75) is 24.9 Å². The van der Waals surface area contributed by atoms with Gasteiger partial charge in [0.15, 0.2) is 0 Å². The van der Waals surface area contributed by atoms with Crippen molar-refractivity contribution in [2.24, 2.45) is 5.92 Å². The van der Waals surface area contributed by atoms with Crippen LogP contribution in [0.15, 0.2) is 84.9 Å². The Labute approximate surface area is 195 Å². The van der Waals surface area contributed by atoms with E-state index in [9.17, 15) is 4.79 Å². The van der Waals surface area contributed by atoms with Gasteiger partial charge in [-0.05, 0) is 29.2 Å². The van der Waals surface area contributed by atoms with Gasteiger partial charge in [-0.1, -0.05) is 90.5 Å². The second-order valence-electron chi connectivity index (χ2n) is 8.38. The molecule has 1 aliphatic rings. The topological polar surface area (TPSA) is 53.2 Å². The highest BCUT2D eigenvalue weighted by atomic mass is 35.5. The van der Waals surface area contributed by atoms with E-state index in [4.69, 9.17) is 11.6 Å². The first-order valence-corrected chi connectivity index (χ1v) is 11.6. The molecule has 0 bridgehead atoms. The van der Waals surface area contributed by atoms with E-state index in [-0.39, 0.29) is 23.8 Å². The molecule has 0 radical (unpaired) electrons. The Bertz CT molecular complexity index is 957. The van der Waals surface area contributed by atoms with Crippen LogP contribution in [0, 0.1) is 5.92 Å². The molecule has 0 aromatic heterocycles. The number of amides is 1. The van der Waals surface area contributed by atoms with E-state index in [1.165, 1.54) is 11.1 Å². The van der Waals surface area contributed by atoms with Crippen LogP contribution in [0.1, 0.15) is 29.0 Å². The minimum absolute atomic E-state index is 0.0558. The fourth-order valence-electron chi connectivity index (χ4n) is 4.34. The van der Waals surface area contributed by atoms with Crippen molar-refractivity contribution < 1.29 is 4.79 Å². The van der Waals surface area contributed by atoms with Crippen LogP contribution < -0.4 is 16.0 Å². The molecule has 3 N–H and O–H groups in total. The smallest absolute Gasteiger partial charge is 0.224 e. The van der Waals surface area contributed by atoms with Gasteiger partial charge in [0.25, 0.3) is 0 Å². The molecule has 0 spiro atoms. The summed E-state index contributed by atoms with van der Waals surface area (Å²) in [5, 5.41) is 11.0. The Kier molecular flexibility index (Phi) is 7.94. The van der Waals surface area contributed by atoms with E-state index in [0.29, 0.717) is 19.6 Å². The maximum absolute atomic E-state index is 13.0. The van der Waals surface area contributed by atoms with Crippen LogP contribution >= 0.6 is 11.6 Å². The molecule has 1 aliphatic heterocycles. The second kappa shape index (κ2) is 11.3. The summed E-state index contributed by atoms with van der Waals surface area (Å²) in [7, 11) is 0. The van der Waals surface area contributed by atoms with Crippen LogP contribution in [-0.2, 0) is 11.3 Å². The molecule has 32 heavy (non-hydrogen) atoms. The maximum Gasteiger partial charge on any atom is 0.224 e. The molecule has 166 valence electrons. The third kappa shape index (κ3) is 5.98. The molecule has 3 aromatic carbocycles. The number of hydrogen-bond acceptors (Lipinski definition) is 3. The van der Waals surface area contributed by atoms with E-state index < -0.39 is 0 Å². The van der Waals surface area contributed by atoms with Crippen molar-refractivity contribution in [3.05, 3.63) is 107 Å². The lowest BCUT2D eigenvalue weighted by Gasteiger charge is -2.30. The molecule has 1 heterocycles. The van der Waals surface area contributed by atoms with E-state index in [1.807, 2.05) is 60.7 Å². The van der Waals surface area contributed by atoms with E-state index in [0.717, 1.165) is 23.6 Å². The number of benzene rings is 3. The summed E-state index contributed by atoms with van der Waals surface area (Å²) in [5.74, 6) is 0.186. The predicted octanol–water partition coefficient (Wildman–Crippen LogP) is 4.36. The van der Waals surface area contributed by atoms with Crippen LogP contribution in [0.3, 0.4) is 0 Å². The first kappa shape index (κ1) is 22.5. The fraction of sp³-hybridized carbons (Fsp3) is 0.296. The van der Waals surface area contributed by atoms with E-state index >= 15 is 0 Å². The number of hydrogen-bond donors (Lipinski definition) is 3. The summed E-state index contributed by atoms with van der Waals surface area (Å²) < 4.78 is 0. The quantitative estimate of drug-likeness (QED) is 0.481. The monoisotopic (exact) mass is 447 g/mol. The summed E-state index contributed by atoms with van der Waals surface area (Å²) in [6.07, 6.45) is 0.810. The normalized spacial score (nSPS) is 18.4. The van der Waals surface area contributed by atoms with Gasteiger partial charge in [-0.25, -0.2) is 0 Å². The van der Waals surface area contributed by atoms with Crippen molar-refractivity contribution in [1.29, 1.82) is 0 Å². The molecule has 3 aromatic rings. The number of nitrogens with one attached hydrogen (secondary N) is 3. The maximum atomic E-state index is 13.0. The first-order valence-electron chi connectivity index (χ1n) is 11.3. The molecule has 0 saturated carbocycles. The molecule has 1 amide bonds. The van der Waals surface area contributed by atoms with Gasteiger partial charge in [0.2, 0.25) is 5.91 Å². The Balaban J connectivity index is 1.34. The van der Waals surface area contributed by atoms with Crippen LogP contribution in [0.4, 0.5) is 0 Å². The predicted molar refractivity (Wildman–Crippen MR) is 131 cm³/mol. The minimum Gasteiger partial charge on any atom is -0.355 e. The Morgan fingerprint density at radius 3 is 2.19 bits per heavy atom. The van der Waals surface area contributed by atoms with Crippen molar-refractivity contribution in [3.8, 4) is 0 Å². The molecule has 5 heteroatoms. The largest absolute Gasteiger partial charge is 0.355 e. The summed E-state index contributed by atoms with van der Waals surface area (Å²) in [4.78, 5) is 13.0. The minimum atomic E-state index is -0.0558. The lowest BCUT2D eigenvalue weighted by Crippen LogP contribution is -2.51. The van der Waals surface area contributed by atoms with Gasteiger partial charge in [0.05, 0.1) is 5.92 Å². The first-order chi connectivity index (χ1) is 15.7. The molecule has 4 nitrogen and oxygen atoms in total. The van der Waals surface area contributed by atoms with Gasteiger partial charge in [-0.3, -0.25) is 4.79 Å². The Hall–Kier alpha value is -2.66. The lowest BCUT2D eigenvalue weighted by atomic mass is 9.90. The lowest BCUT2D eigenvalue weighted by molar-refractivity contribution is -0.125. The zero-order chi connectivity index (χ0) is 22.2. The van der Waals surface area contributed by atoms with Gasteiger partial charge in [0.1, 0.15) is 0 Å². The third-order valence-corrected chi connectivity index (χ3v) is 6.51. The number of carbonyl (C=O) groups excluding carboxylic acids is 1. The van der Waals surface area contributed by atoms with Crippen LogP contribution in [0.5, 0.6) is 0 Å². The zero-order valence-corrected chi connectivity index (χ0v) is 18.9. The van der Waals surface area contributed by atoms with Gasteiger partial charge in [-0.15, -0.1) is 0 Å². The molecule has 2 atom stereocenters. The highest BCUT2D eigenvalue weighted by Crippen LogP contribution is 2.24. The molecule has 1 saturated heterocycles. The van der Waals surface area contributed by atoms with Crippen molar-refractivity contribution >= 4 is 17.5 Å². The number of carbonyl (C=O) groups is 1. The average Bonchev–Trinajstić information content (AvgIpc) is 2.85. The van der Waals surface area contributed by atoms with Crippen LogP contribution in [-0.4, -0.2) is 31.6 Å². The van der Waals surface area contributed by atoms with Gasteiger partial charge >= 0.3 is 0 Å². The molecule has 4 rings (SSSR count). The van der Waals surface area contributed by atoms with E-state index in [2.05, 4.69) is 40.2 Å². The average molecular weight is 448 g/mol. The van der Waals surface area contributed by atoms with Gasteiger partial charge in [0, 0.05) is 43.2 Å². The second-order valence-corrected chi connectivity index (χ2v) is 8.79. The highest BCUT2D eigenvalue weighted by molar-refractivity contribution is 6.31. The van der Waals surface area contributed by atoms with E-state index in [1.54, 1.807) is 0 Å². The molecule has 0 unspecified atom stereocenters. The summed E-state index contributed by atoms with van der Waals surface area (Å²) >= 11 is 6.27. The molecule has 1 fully saturated rings. The SMILES string of the molecule is O=C(NCC(c1ccccc1)c1ccccc1)[C@@H]1CNC[C@H](NCc2ccccc2Cl)C1. The van der Waals surface area contributed by atoms with Crippen LogP contribution in [0.2, 0.25) is 5.02 Å². The van der Waals surface area contributed by atoms with Crippen molar-refractivity contribution in [1.82, 2.24) is 16.0 Å². The summed E-state index contributed by atoms with van der Waals surface area (Å²) in [6, 6.07) is 28.8. The highest BCUT2D eigenvalue weighted by Gasteiger charge is 2.27. The zero-order valence-electron chi connectivity index (χ0n) is 18.1. The van der Waals surface area contributed by atoms with Crippen LogP contribution in [0.25, 0.3) is 0 Å². The van der Waals surface area contributed by atoms with Crippen molar-refractivity contribution in [2.75, 3.05) is 19.6 Å². The standard InChI is InChI=1S/C27H30ClN3O/c28-26-14-8-7-13-22(26)17-30-24-15-23(16-29-18-24)27(32)31-19-25(20-9-3-1-4-10-20)21-11-5-2-6-12-21/h1-14,23-25,29-30H,15-19H2,(H,31,32)/t23-,24+/m0/s1.